The van der Waals surface area contributed by atoms with Crippen molar-refractivity contribution >= 4 is 22.1 Å². The molecule has 0 aliphatic rings. The Balaban J connectivity index is 1.92. The van der Waals surface area contributed by atoms with Gasteiger partial charge in [-0.3, -0.25) is 4.79 Å². The van der Waals surface area contributed by atoms with Crippen LogP contribution >= 0.6 is 0 Å². The van der Waals surface area contributed by atoms with E-state index in [2.05, 4.69) is 10.0 Å². The molecule has 2 aromatic rings. The zero-order valence-electron chi connectivity index (χ0n) is 14.6. The number of carbonyl (C=O) groups is 2. The van der Waals surface area contributed by atoms with Crippen LogP contribution in [0.25, 0.3) is 0 Å². The van der Waals surface area contributed by atoms with Crippen LogP contribution in [0.3, 0.4) is 0 Å². The number of rotatable bonds is 8. The normalized spacial score (nSPS) is 12.2. The second-order valence-corrected chi connectivity index (χ2v) is 7.48. The number of aryl methyl sites for hydroxylation is 1. The van der Waals surface area contributed by atoms with Crippen molar-refractivity contribution in [1.29, 1.82) is 0 Å². The van der Waals surface area contributed by atoms with Gasteiger partial charge in [0, 0.05) is 6.54 Å². The quantitative estimate of drug-likeness (QED) is 0.628. The summed E-state index contributed by atoms with van der Waals surface area (Å²) in [5, 5.41) is 11.5. The lowest BCUT2D eigenvalue weighted by Crippen LogP contribution is -2.48. The summed E-state index contributed by atoms with van der Waals surface area (Å²) in [5.74, 6) is -1.42. The van der Waals surface area contributed by atoms with Crippen molar-refractivity contribution in [2.45, 2.75) is 24.5 Å². The number of benzene rings is 2. The van der Waals surface area contributed by atoms with E-state index >= 15 is 0 Å². The molecule has 2 rings (SSSR count). The Bertz CT molecular complexity index is 882. The van der Waals surface area contributed by atoms with Gasteiger partial charge in [0.1, 0.15) is 12.6 Å². The summed E-state index contributed by atoms with van der Waals surface area (Å²) >= 11 is 0. The Labute approximate surface area is 157 Å². The second-order valence-electron chi connectivity index (χ2n) is 5.77. The summed E-state index contributed by atoms with van der Waals surface area (Å²) in [5.41, 5.74) is 1.63. The first kappa shape index (κ1) is 20.4. The van der Waals surface area contributed by atoms with Crippen LogP contribution in [0.5, 0.6) is 0 Å². The van der Waals surface area contributed by atoms with E-state index in [1.54, 1.807) is 43.3 Å². The van der Waals surface area contributed by atoms with Gasteiger partial charge in [0.25, 0.3) is 0 Å². The van der Waals surface area contributed by atoms with Crippen LogP contribution in [0, 0.1) is 6.92 Å². The number of ether oxygens (including phenoxy) is 1. The van der Waals surface area contributed by atoms with Crippen LogP contribution < -0.4 is 10.0 Å². The summed E-state index contributed by atoms with van der Waals surface area (Å²) in [7, 11) is -4.05. The number of nitrogens with one attached hydrogen (secondary N) is 2. The molecular weight excluding hydrogens is 372 g/mol. The molecule has 2 aromatic carbocycles. The monoisotopic (exact) mass is 392 g/mol. The zero-order chi connectivity index (χ0) is 19.9. The Morgan fingerprint density at radius 2 is 1.70 bits per heavy atom. The van der Waals surface area contributed by atoms with Gasteiger partial charge in [-0.15, -0.1) is 0 Å². The topological polar surface area (TPSA) is 122 Å². The van der Waals surface area contributed by atoms with Crippen LogP contribution in [0.2, 0.25) is 0 Å². The van der Waals surface area contributed by atoms with Crippen LogP contribution in [0.1, 0.15) is 11.1 Å². The summed E-state index contributed by atoms with van der Waals surface area (Å²) in [6.45, 7) is 1.35. The Morgan fingerprint density at radius 1 is 1.07 bits per heavy atom. The molecule has 1 amide bonds. The van der Waals surface area contributed by atoms with E-state index in [4.69, 9.17) is 4.74 Å². The fourth-order valence-corrected chi connectivity index (χ4v) is 3.30. The minimum Gasteiger partial charge on any atom is -0.480 e. The third-order valence-corrected chi connectivity index (χ3v) is 5.08. The maximum Gasteiger partial charge on any atom is 0.407 e. The van der Waals surface area contributed by atoms with Crippen molar-refractivity contribution in [1.82, 2.24) is 10.0 Å². The lowest BCUT2D eigenvalue weighted by atomic mass is 10.2. The second kappa shape index (κ2) is 9.15. The number of carbonyl (C=O) groups excluding carboxylic acids is 1. The number of carboxylic acid groups (broad SMARTS) is 1. The average Bonchev–Trinajstić information content (AvgIpc) is 2.64. The van der Waals surface area contributed by atoms with E-state index in [9.17, 15) is 23.1 Å². The molecule has 0 saturated heterocycles. The van der Waals surface area contributed by atoms with Crippen LogP contribution in [0.4, 0.5) is 4.79 Å². The van der Waals surface area contributed by atoms with Crippen LogP contribution in [-0.2, 0) is 26.2 Å². The largest absolute Gasteiger partial charge is 0.480 e. The number of hydrogen-bond acceptors (Lipinski definition) is 5. The number of alkyl carbamates (subject to hydrolysis) is 1. The van der Waals surface area contributed by atoms with E-state index in [1.165, 1.54) is 12.1 Å². The molecule has 9 heteroatoms. The molecule has 144 valence electrons. The first-order valence-electron chi connectivity index (χ1n) is 8.04. The Kier molecular flexibility index (Phi) is 6.91. The maximum absolute atomic E-state index is 12.3. The fourth-order valence-electron chi connectivity index (χ4n) is 2.11. The van der Waals surface area contributed by atoms with Crippen molar-refractivity contribution < 1.29 is 27.9 Å². The SMILES string of the molecule is Cc1ccc(S(=O)(=O)NC(CNC(=O)OCc2ccccc2)C(=O)O)cc1. The zero-order valence-corrected chi connectivity index (χ0v) is 15.4. The minimum atomic E-state index is -4.05. The van der Waals surface area contributed by atoms with Crippen molar-refractivity contribution in [3.05, 3.63) is 65.7 Å². The van der Waals surface area contributed by atoms with Gasteiger partial charge in [0.05, 0.1) is 4.90 Å². The standard InChI is InChI=1S/C18H20N2O6S/c1-13-7-9-15(10-8-13)27(24,25)20-16(17(21)22)11-19-18(23)26-12-14-5-3-2-4-6-14/h2-10,16,20H,11-12H2,1H3,(H,19,23)(H,21,22). The van der Waals surface area contributed by atoms with Crippen LogP contribution in [0.15, 0.2) is 59.5 Å². The van der Waals surface area contributed by atoms with E-state index in [1.807, 2.05) is 6.07 Å². The third-order valence-electron chi connectivity index (χ3n) is 3.59. The van der Waals surface area contributed by atoms with Gasteiger partial charge in [0.15, 0.2) is 0 Å². The summed E-state index contributed by atoms with van der Waals surface area (Å²) < 4.78 is 31.6. The minimum absolute atomic E-state index is 0.0134. The summed E-state index contributed by atoms with van der Waals surface area (Å²) in [6, 6.07) is 13.3. The molecular formula is C18H20N2O6S. The summed E-state index contributed by atoms with van der Waals surface area (Å²) in [6.07, 6.45) is -0.848. The first-order chi connectivity index (χ1) is 12.8. The molecule has 8 nitrogen and oxygen atoms in total. The highest BCUT2D eigenvalue weighted by Crippen LogP contribution is 2.10. The highest BCUT2D eigenvalue weighted by Gasteiger charge is 2.26. The molecule has 0 aliphatic carbocycles. The van der Waals surface area contributed by atoms with E-state index in [0.717, 1.165) is 11.1 Å². The van der Waals surface area contributed by atoms with Gasteiger partial charge >= 0.3 is 12.1 Å². The predicted octanol–water partition coefficient (Wildman–Crippen LogP) is 1.65. The summed E-state index contributed by atoms with van der Waals surface area (Å²) in [4.78, 5) is 23.0. The molecule has 1 unspecified atom stereocenters. The molecule has 0 fully saturated rings. The Morgan fingerprint density at radius 3 is 2.30 bits per heavy atom. The van der Waals surface area contributed by atoms with E-state index in [0.29, 0.717) is 0 Å². The molecule has 1 atom stereocenters. The predicted molar refractivity (Wildman–Crippen MR) is 97.6 cm³/mol. The van der Waals surface area contributed by atoms with Crippen molar-refractivity contribution in [3.63, 3.8) is 0 Å². The number of hydrogen-bond donors (Lipinski definition) is 3. The number of sulfonamides is 1. The molecule has 3 N–H and O–H groups in total. The van der Waals surface area contributed by atoms with Gasteiger partial charge in [-0.2, -0.15) is 4.72 Å². The van der Waals surface area contributed by atoms with Gasteiger partial charge in [-0.05, 0) is 24.6 Å². The molecule has 0 radical (unpaired) electrons. The van der Waals surface area contributed by atoms with Crippen molar-refractivity contribution in [2.24, 2.45) is 0 Å². The van der Waals surface area contributed by atoms with Crippen molar-refractivity contribution in [2.75, 3.05) is 6.54 Å². The van der Waals surface area contributed by atoms with Gasteiger partial charge < -0.3 is 15.2 Å². The third kappa shape index (κ3) is 6.39. The first-order valence-corrected chi connectivity index (χ1v) is 9.52. The molecule has 0 heterocycles. The lowest BCUT2D eigenvalue weighted by Gasteiger charge is -2.15. The fraction of sp³-hybridized carbons (Fsp3) is 0.222. The van der Waals surface area contributed by atoms with Gasteiger partial charge in [-0.1, -0.05) is 48.0 Å². The number of aliphatic carboxylic acids is 1. The van der Waals surface area contributed by atoms with Gasteiger partial charge in [0.2, 0.25) is 10.0 Å². The van der Waals surface area contributed by atoms with E-state index < -0.39 is 34.7 Å². The highest BCUT2D eigenvalue weighted by molar-refractivity contribution is 7.89. The molecule has 27 heavy (non-hydrogen) atoms. The molecule has 0 saturated carbocycles. The lowest BCUT2D eigenvalue weighted by molar-refractivity contribution is -0.138. The van der Waals surface area contributed by atoms with E-state index in [-0.39, 0.29) is 11.5 Å². The molecule has 0 bridgehead atoms. The molecule has 0 spiro atoms. The van der Waals surface area contributed by atoms with Gasteiger partial charge in [-0.25, -0.2) is 13.2 Å². The van der Waals surface area contributed by atoms with Crippen LogP contribution in [-0.4, -0.2) is 38.2 Å². The number of amides is 1. The number of carboxylic acids is 1. The Hall–Kier alpha value is -2.91. The van der Waals surface area contributed by atoms with Crippen molar-refractivity contribution in [3.8, 4) is 0 Å². The molecule has 0 aromatic heterocycles. The highest BCUT2D eigenvalue weighted by atomic mass is 32.2. The average molecular weight is 392 g/mol. The maximum atomic E-state index is 12.3. The smallest absolute Gasteiger partial charge is 0.407 e. The molecule has 0 aliphatic heterocycles.